The Hall–Kier alpha value is -4.15. The number of rotatable bonds is 8. The summed E-state index contributed by atoms with van der Waals surface area (Å²) in [7, 11) is 3.97. The highest BCUT2D eigenvalue weighted by Gasteiger charge is 2.26. The fourth-order valence-corrected chi connectivity index (χ4v) is 7.54. The van der Waals surface area contributed by atoms with E-state index in [0.717, 1.165) is 103 Å². The molecule has 0 bridgehead atoms. The number of likely N-dealkylation sites (tertiary alicyclic amines) is 1. The standard InChI is InChI=1S/C37H48N6O4/c1-7-42(28-12-16-47-17-13-28)33-21-27(19-30(25(33)4)35(44)38-22-31-23(2)18-24(3)39-36(31)45)26-8-9-32-34(20-26)41(6)37(46)43(32)29-10-14-40(5)15-11-29/h8-9,18-21,28-29H,7,10-17,22H2,1-6H3,(H,38,44)(H,39,45). The lowest BCUT2D eigenvalue weighted by Gasteiger charge is -2.37. The Morgan fingerprint density at radius 2 is 1.68 bits per heavy atom. The van der Waals surface area contributed by atoms with Crippen LogP contribution in [0.5, 0.6) is 0 Å². The molecule has 2 N–H and O–H groups in total. The third-order valence-corrected chi connectivity index (χ3v) is 10.3. The second kappa shape index (κ2) is 13.5. The number of pyridine rings is 1. The summed E-state index contributed by atoms with van der Waals surface area (Å²) in [6, 6.07) is 12.8. The SMILES string of the molecule is CCN(c1cc(-c2ccc3c(c2)n(C)c(=O)n3C2CCN(C)CC2)cc(C(=O)NCc2c(C)cc(C)[nH]c2=O)c1C)C1CCOCC1. The first-order valence-electron chi connectivity index (χ1n) is 16.9. The molecule has 0 spiro atoms. The monoisotopic (exact) mass is 640 g/mol. The molecule has 47 heavy (non-hydrogen) atoms. The molecule has 2 saturated heterocycles. The summed E-state index contributed by atoms with van der Waals surface area (Å²) in [6.07, 6.45) is 3.74. The van der Waals surface area contributed by atoms with Crippen molar-refractivity contribution in [3.05, 3.63) is 85.2 Å². The van der Waals surface area contributed by atoms with Crippen molar-refractivity contribution < 1.29 is 9.53 Å². The lowest BCUT2D eigenvalue weighted by Crippen LogP contribution is -2.40. The molecule has 6 rings (SSSR count). The number of hydrogen-bond acceptors (Lipinski definition) is 6. The van der Waals surface area contributed by atoms with Crippen molar-refractivity contribution in [2.75, 3.05) is 44.8 Å². The van der Waals surface area contributed by atoms with E-state index in [9.17, 15) is 14.4 Å². The molecule has 2 aromatic heterocycles. The predicted molar refractivity (Wildman–Crippen MR) is 188 cm³/mol. The van der Waals surface area contributed by atoms with Gasteiger partial charge in [0.25, 0.3) is 11.5 Å². The van der Waals surface area contributed by atoms with E-state index in [2.05, 4.69) is 58.3 Å². The number of aromatic nitrogens is 3. The zero-order chi connectivity index (χ0) is 33.4. The fraction of sp³-hybridized carbons (Fsp3) is 0.486. The highest BCUT2D eigenvalue weighted by Crippen LogP contribution is 2.35. The Balaban J connectivity index is 1.42. The Labute approximate surface area is 276 Å². The van der Waals surface area contributed by atoms with Crippen molar-refractivity contribution in [3.63, 3.8) is 0 Å². The number of aryl methyl sites for hydroxylation is 3. The number of anilines is 1. The average Bonchev–Trinajstić information content (AvgIpc) is 3.31. The minimum Gasteiger partial charge on any atom is -0.381 e. The third kappa shape index (κ3) is 6.41. The zero-order valence-corrected chi connectivity index (χ0v) is 28.6. The Morgan fingerprint density at radius 1 is 0.957 bits per heavy atom. The maximum Gasteiger partial charge on any atom is 0.329 e. The number of imidazole rings is 1. The number of nitrogens with zero attached hydrogens (tertiary/aromatic N) is 4. The molecule has 4 heterocycles. The molecular formula is C37H48N6O4. The number of carbonyl (C=O) groups excluding carboxylic acids is 1. The van der Waals surface area contributed by atoms with E-state index in [0.29, 0.717) is 17.2 Å². The van der Waals surface area contributed by atoms with Crippen molar-refractivity contribution >= 4 is 22.6 Å². The van der Waals surface area contributed by atoms with Gasteiger partial charge in [-0.3, -0.25) is 18.7 Å². The van der Waals surface area contributed by atoms with Gasteiger partial charge < -0.3 is 24.8 Å². The van der Waals surface area contributed by atoms with Crippen LogP contribution in [0.1, 0.15) is 71.4 Å². The molecule has 0 radical (unpaired) electrons. The van der Waals surface area contributed by atoms with Crippen LogP contribution in [-0.4, -0.2) is 70.9 Å². The van der Waals surface area contributed by atoms with Crippen LogP contribution >= 0.6 is 0 Å². The number of carbonyl (C=O) groups is 1. The van der Waals surface area contributed by atoms with Gasteiger partial charge in [-0.15, -0.1) is 0 Å². The second-order valence-electron chi connectivity index (χ2n) is 13.4. The number of ether oxygens (including phenoxy) is 1. The lowest BCUT2D eigenvalue weighted by atomic mass is 9.95. The minimum absolute atomic E-state index is 0.00873. The Kier molecular flexibility index (Phi) is 9.43. The van der Waals surface area contributed by atoms with E-state index in [1.165, 1.54) is 0 Å². The van der Waals surface area contributed by atoms with Gasteiger partial charge in [0, 0.05) is 67.9 Å². The Morgan fingerprint density at radius 3 is 2.36 bits per heavy atom. The largest absolute Gasteiger partial charge is 0.381 e. The molecule has 0 saturated carbocycles. The molecule has 2 aromatic carbocycles. The van der Waals surface area contributed by atoms with E-state index < -0.39 is 0 Å². The summed E-state index contributed by atoms with van der Waals surface area (Å²) in [4.78, 5) is 47.7. The highest BCUT2D eigenvalue weighted by atomic mass is 16.5. The minimum atomic E-state index is -0.227. The zero-order valence-electron chi connectivity index (χ0n) is 28.6. The van der Waals surface area contributed by atoms with E-state index in [1.54, 1.807) is 4.57 Å². The first-order valence-corrected chi connectivity index (χ1v) is 16.9. The van der Waals surface area contributed by atoms with Crippen molar-refractivity contribution in [1.82, 2.24) is 24.3 Å². The number of aromatic amines is 1. The second-order valence-corrected chi connectivity index (χ2v) is 13.4. The quantitative estimate of drug-likeness (QED) is 0.286. The van der Waals surface area contributed by atoms with Gasteiger partial charge in [-0.25, -0.2) is 4.79 Å². The summed E-state index contributed by atoms with van der Waals surface area (Å²) in [5.74, 6) is -0.227. The maximum absolute atomic E-state index is 13.9. The van der Waals surface area contributed by atoms with Crippen LogP contribution in [0.15, 0.2) is 46.0 Å². The van der Waals surface area contributed by atoms with Crippen LogP contribution in [-0.2, 0) is 18.3 Å². The van der Waals surface area contributed by atoms with Crippen molar-refractivity contribution in [3.8, 4) is 11.1 Å². The van der Waals surface area contributed by atoms with Crippen molar-refractivity contribution in [1.29, 1.82) is 0 Å². The highest BCUT2D eigenvalue weighted by molar-refractivity contribution is 5.99. The van der Waals surface area contributed by atoms with Gasteiger partial charge in [0.1, 0.15) is 0 Å². The first-order chi connectivity index (χ1) is 22.6. The average molecular weight is 641 g/mol. The summed E-state index contributed by atoms with van der Waals surface area (Å²) in [6.45, 7) is 12.2. The summed E-state index contributed by atoms with van der Waals surface area (Å²) < 4.78 is 9.41. The van der Waals surface area contributed by atoms with E-state index in [-0.39, 0.29) is 29.7 Å². The maximum atomic E-state index is 13.9. The predicted octanol–water partition coefficient (Wildman–Crippen LogP) is 4.82. The molecule has 4 aromatic rings. The van der Waals surface area contributed by atoms with Gasteiger partial charge in [0.2, 0.25) is 0 Å². The molecule has 0 unspecified atom stereocenters. The van der Waals surface area contributed by atoms with E-state index in [4.69, 9.17) is 4.74 Å². The summed E-state index contributed by atoms with van der Waals surface area (Å²) >= 11 is 0. The molecule has 2 aliphatic heterocycles. The number of benzene rings is 2. The van der Waals surface area contributed by atoms with Crippen molar-refractivity contribution in [2.45, 2.75) is 72.0 Å². The summed E-state index contributed by atoms with van der Waals surface area (Å²) in [5, 5.41) is 3.04. The number of nitrogens with one attached hydrogen (secondary N) is 2. The number of H-pyrrole nitrogens is 1. The molecule has 0 atom stereocenters. The van der Waals surface area contributed by atoms with Crippen LogP contribution in [0.4, 0.5) is 5.69 Å². The molecule has 2 aliphatic rings. The number of piperidine rings is 1. The van der Waals surface area contributed by atoms with Crippen LogP contribution in [0.2, 0.25) is 0 Å². The first kappa shape index (κ1) is 32.8. The van der Waals surface area contributed by atoms with Gasteiger partial charge >= 0.3 is 5.69 Å². The van der Waals surface area contributed by atoms with Crippen LogP contribution in [0, 0.1) is 20.8 Å². The molecular weight excluding hydrogens is 592 g/mol. The van der Waals surface area contributed by atoms with Crippen LogP contribution in [0.25, 0.3) is 22.2 Å². The van der Waals surface area contributed by atoms with Gasteiger partial charge in [-0.05, 0) is 126 Å². The Bertz CT molecular complexity index is 1910. The number of fused-ring (bicyclic) bond motifs is 1. The normalized spacial score (nSPS) is 16.6. The summed E-state index contributed by atoms with van der Waals surface area (Å²) in [5.41, 5.74) is 8.18. The van der Waals surface area contributed by atoms with E-state index in [1.807, 2.05) is 44.5 Å². The molecule has 1 amide bonds. The lowest BCUT2D eigenvalue weighted by molar-refractivity contribution is 0.0846. The van der Waals surface area contributed by atoms with Crippen LogP contribution < -0.4 is 21.5 Å². The van der Waals surface area contributed by atoms with Gasteiger partial charge in [-0.1, -0.05) is 6.07 Å². The van der Waals surface area contributed by atoms with Crippen LogP contribution in [0.3, 0.4) is 0 Å². The topological polar surface area (TPSA) is 105 Å². The van der Waals surface area contributed by atoms with Gasteiger partial charge in [0.05, 0.1) is 11.0 Å². The van der Waals surface area contributed by atoms with Crippen molar-refractivity contribution in [2.24, 2.45) is 7.05 Å². The van der Waals surface area contributed by atoms with E-state index >= 15 is 0 Å². The molecule has 0 aliphatic carbocycles. The molecule has 2 fully saturated rings. The molecule has 250 valence electrons. The number of amides is 1. The third-order valence-electron chi connectivity index (χ3n) is 10.3. The van der Waals surface area contributed by atoms with Gasteiger partial charge in [-0.2, -0.15) is 0 Å². The number of hydrogen-bond donors (Lipinski definition) is 2. The molecule has 10 nitrogen and oxygen atoms in total. The van der Waals surface area contributed by atoms with Gasteiger partial charge in [0.15, 0.2) is 0 Å². The smallest absolute Gasteiger partial charge is 0.329 e. The molecule has 10 heteroatoms. The fourth-order valence-electron chi connectivity index (χ4n) is 7.54.